The van der Waals surface area contributed by atoms with E-state index in [0.29, 0.717) is 21.6 Å². The van der Waals surface area contributed by atoms with Gasteiger partial charge in [0, 0.05) is 23.9 Å². The van der Waals surface area contributed by atoms with Crippen LogP contribution in [0.25, 0.3) is 0 Å². The molecule has 1 amide bonds. The minimum absolute atomic E-state index is 0.000797. The fourth-order valence-electron chi connectivity index (χ4n) is 3.13. The fraction of sp³-hybridized carbons (Fsp3) is 0.136. The van der Waals surface area contributed by atoms with E-state index in [1.54, 1.807) is 47.3 Å². The highest BCUT2D eigenvalue weighted by Crippen LogP contribution is 2.32. The second kappa shape index (κ2) is 9.19. The summed E-state index contributed by atoms with van der Waals surface area (Å²) in [7, 11) is -3.84. The average Bonchev–Trinajstić information content (AvgIpc) is 3.45. The average molecular weight is 485 g/mol. The summed E-state index contributed by atoms with van der Waals surface area (Å²) >= 11 is 2.52. The lowest BCUT2D eigenvalue weighted by Gasteiger charge is -2.21. The maximum atomic E-state index is 13.3. The predicted octanol–water partition coefficient (Wildman–Crippen LogP) is 4.99. The predicted molar refractivity (Wildman–Crippen MR) is 128 cm³/mol. The van der Waals surface area contributed by atoms with Gasteiger partial charge in [-0.2, -0.15) is 0 Å². The number of aromatic nitrogens is 2. The largest absolute Gasteiger partial charge is 0.274 e. The number of rotatable bonds is 7. The summed E-state index contributed by atoms with van der Waals surface area (Å²) in [5.74, 6) is -0.176. The number of amides is 1. The number of anilines is 3. The molecule has 4 aromatic rings. The number of nitrogens with zero attached hydrogens (tertiary/aromatic N) is 4. The van der Waals surface area contributed by atoms with Gasteiger partial charge in [0.25, 0.3) is 10.0 Å². The van der Waals surface area contributed by atoms with Crippen molar-refractivity contribution in [3.05, 3.63) is 82.8 Å². The maximum Gasteiger partial charge on any atom is 0.266 e. The topological polar surface area (TPSA) is 83.5 Å². The zero-order valence-electron chi connectivity index (χ0n) is 17.4. The molecule has 0 fully saturated rings. The number of hydrogen-bond acceptors (Lipinski definition) is 7. The SMILES string of the molecule is CC(=O)N(c1cccc(C)c1)c1nc(CN(c2nccs2)S(=O)(=O)c2ccccc2)cs1. The minimum Gasteiger partial charge on any atom is -0.274 e. The molecule has 0 spiro atoms. The molecule has 164 valence electrons. The standard InChI is InChI=1S/C22H20N4O3S3/c1-16-7-6-8-19(13-16)26(17(2)27)22-24-18(15-31-22)14-25(21-23-11-12-30-21)32(28,29)20-9-4-3-5-10-20/h3-13,15H,14H2,1-2H3. The van der Waals surface area contributed by atoms with Gasteiger partial charge in [0.1, 0.15) is 0 Å². The van der Waals surface area contributed by atoms with Gasteiger partial charge < -0.3 is 0 Å². The van der Waals surface area contributed by atoms with Crippen LogP contribution in [0.5, 0.6) is 0 Å². The molecule has 0 radical (unpaired) electrons. The molecule has 7 nitrogen and oxygen atoms in total. The van der Waals surface area contributed by atoms with Gasteiger partial charge in [0.15, 0.2) is 10.3 Å². The molecule has 0 aliphatic carbocycles. The third kappa shape index (κ3) is 4.57. The Morgan fingerprint density at radius 3 is 2.47 bits per heavy atom. The van der Waals surface area contributed by atoms with Gasteiger partial charge in [-0.05, 0) is 36.8 Å². The molecular weight excluding hydrogens is 464 g/mol. The molecule has 2 heterocycles. The van der Waals surface area contributed by atoms with E-state index in [4.69, 9.17) is 0 Å². The zero-order chi connectivity index (χ0) is 22.7. The van der Waals surface area contributed by atoms with Crippen LogP contribution in [0.4, 0.5) is 16.0 Å². The summed E-state index contributed by atoms with van der Waals surface area (Å²) in [6, 6.07) is 15.8. The molecule has 0 aliphatic heterocycles. The highest BCUT2D eigenvalue weighted by Gasteiger charge is 2.28. The number of sulfonamides is 1. The molecule has 0 bridgehead atoms. The van der Waals surface area contributed by atoms with E-state index < -0.39 is 10.0 Å². The van der Waals surface area contributed by atoms with Crippen molar-refractivity contribution in [2.45, 2.75) is 25.3 Å². The van der Waals surface area contributed by atoms with Gasteiger partial charge in [-0.3, -0.25) is 9.69 Å². The maximum absolute atomic E-state index is 13.3. The molecule has 10 heteroatoms. The zero-order valence-corrected chi connectivity index (χ0v) is 19.8. The highest BCUT2D eigenvalue weighted by molar-refractivity contribution is 7.93. The monoisotopic (exact) mass is 484 g/mol. The first kappa shape index (κ1) is 22.1. The normalized spacial score (nSPS) is 11.3. The Bertz CT molecular complexity index is 1320. The van der Waals surface area contributed by atoms with Gasteiger partial charge in [-0.1, -0.05) is 30.3 Å². The van der Waals surface area contributed by atoms with Crippen molar-refractivity contribution in [3.63, 3.8) is 0 Å². The van der Waals surface area contributed by atoms with Crippen LogP contribution in [0, 0.1) is 6.92 Å². The van der Waals surface area contributed by atoms with E-state index >= 15 is 0 Å². The minimum atomic E-state index is -3.84. The van der Waals surface area contributed by atoms with Crippen LogP contribution < -0.4 is 9.21 Å². The van der Waals surface area contributed by atoms with Crippen LogP contribution in [-0.4, -0.2) is 24.3 Å². The Morgan fingerprint density at radius 1 is 1.03 bits per heavy atom. The lowest BCUT2D eigenvalue weighted by atomic mass is 10.2. The molecule has 32 heavy (non-hydrogen) atoms. The van der Waals surface area contributed by atoms with Gasteiger partial charge >= 0.3 is 0 Å². The Hall–Kier alpha value is -3.08. The van der Waals surface area contributed by atoms with Crippen LogP contribution in [0.1, 0.15) is 18.2 Å². The van der Waals surface area contributed by atoms with E-state index in [0.717, 1.165) is 5.56 Å². The highest BCUT2D eigenvalue weighted by atomic mass is 32.2. The van der Waals surface area contributed by atoms with Crippen LogP contribution in [0.15, 0.2) is 76.4 Å². The Morgan fingerprint density at radius 2 is 1.81 bits per heavy atom. The molecule has 0 aliphatic rings. The summed E-state index contributed by atoms with van der Waals surface area (Å²) in [5, 5.41) is 4.33. The molecule has 0 saturated carbocycles. The van der Waals surface area contributed by atoms with Crippen LogP contribution >= 0.6 is 22.7 Å². The van der Waals surface area contributed by atoms with Crippen molar-refractivity contribution in [2.75, 3.05) is 9.21 Å². The number of hydrogen-bond donors (Lipinski definition) is 0. The van der Waals surface area contributed by atoms with E-state index in [9.17, 15) is 13.2 Å². The van der Waals surface area contributed by atoms with Crippen molar-refractivity contribution in [3.8, 4) is 0 Å². The Balaban J connectivity index is 1.69. The first-order valence-electron chi connectivity index (χ1n) is 9.65. The first-order valence-corrected chi connectivity index (χ1v) is 12.9. The van der Waals surface area contributed by atoms with Gasteiger partial charge in [-0.15, -0.1) is 22.7 Å². The number of benzene rings is 2. The van der Waals surface area contributed by atoms with E-state index in [-0.39, 0.29) is 17.3 Å². The van der Waals surface area contributed by atoms with E-state index in [1.807, 2.05) is 31.2 Å². The number of carbonyl (C=O) groups excluding carboxylic acids is 1. The number of aryl methyl sites for hydroxylation is 1. The van der Waals surface area contributed by atoms with Gasteiger partial charge in [0.05, 0.1) is 22.8 Å². The molecule has 0 N–H and O–H groups in total. The van der Waals surface area contributed by atoms with E-state index in [1.165, 1.54) is 38.8 Å². The van der Waals surface area contributed by atoms with Crippen molar-refractivity contribution in [1.82, 2.24) is 9.97 Å². The number of thiazole rings is 2. The summed E-state index contributed by atoms with van der Waals surface area (Å²) < 4.78 is 27.9. The second-order valence-electron chi connectivity index (χ2n) is 6.95. The summed E-state index contributed by atoms with van der Waals surface area (Å²) in [4.78, 5) is 22.9. The quantitative estimate of drug-likeness (QED) is 0.369. The third-order valence-electron chi connectivity index (χ3n) is 4.58. The van der Waals surface area contributed by atoms with Crippen LogP contribution in [-0.2, 0) is 21.4 Å². The molecule has 2 aromatic heterocycles. The molecular formula is C22H20N4O3S3. The van der Waals surface area contributed by atoms with Crippen molar-refractivity contribution < 1.29 is 13.2 Å². The van der Waals surface area contributed by atoms with Crippen LogP contribution in [0.2, 0.25) is 0 Å². The van der Waals surface area contributed by atoms with Crippen LogP contribution in [0.3, 0.4) is 0 Å². The summed E-state index contributed by atoms with van der Waals surface area (Å²) in [6.07, 6.45) is 1.56. The lowest BCUT2D eigenvalue weighted by molar-refractivity contribution is -0.115. The van der Waals surface area contributed by atoms with Gasteiger partial charge in [0.2, 0.25) is 5.91 Å². The molecule has 0 saturated heterocycles. The third-order valence-corrected chi connectivity index (χ3v) is 8.11. The fourth-order valence-corrected chi connectivity index (χ4v) is 6.29. The van der Waals surface area contributed by atoms with Gasteiger partial charge in [-0.25, -0.2) is 22.7 Å². The first-order chi connectivity index (χ1) is 15.4. The molecule has 0 atom stereocenters. The smallest absolute Gasteiger partial charge is 0.266 e. The Kier molecular flexibility index (Phi) is 6.35. The van der Waals surface area contributed by atoms with E-state index in [2.05, 4.69) is 9.97 Å². The number of carbonyl (C=O) groups is 1. The summed E-state index contributed by atoms with van der Waals surface area (Å²) in [5.41, 5.74) is 2.26. The van der Waals surface area contributed by atoms with Crippen molar-refractivity contribution in [1.29, 1.82) is 0 Å². The van der Waals surface area contributed by atoms with Crippen molar-refractivity contribution >= 4 is 54.6 Å². The Labute approximate surface area is 194 Å². The summed E-state index contributed by atoms with van der Waals surface area (Å²) in [6.45, 7) is 3.43. The lowest BCUT2D eigenvalue weighted by Crippen LogP contribution is -2.30. The molecule has 2 aromatic carbocycles. The molecule has 0 unspecified atom stereocenters. The molecule has 4 rings (SSSR count). The second-order valence-corrected chi connectivity index (χ2v) is 10.5. The van der Waals surface area contributed by atoms with Crippen molar-refractivity contribution in [2.24, 2.45) is 0 Å².